The van der Waals surface area contributed by atoms with Crippen molar-refractivity contribution in [1.29, 1.82) is 0 Å². The zero-order valence-corrected chi connectivity index (χ0v) is 12.7. The van der Waals surface area contributed by atoms with Crippen molar-refractivity contribution in [3.63, 3.8) is 0 Å². The Labute approximate surface area is 158 Å². The van der Waals surface area contributed by atoms with Crippen LogP contribution in [-0.4, -0.2) is 25.4 Å². The second kappa shape index (κ2) is 42.7. The maximum absolute atomic E-state index is 8.25. The van der Waals surface area contributed by atoms with Crippen LogP contribution in [0.25, 0.3) is 0 Å². The van der Waals surface area contributed by atoms with Crippen molar-refractivity contribution in [2.75, 3.05) is 0 Å². The molecule has 0 amide bonds. The number of hydrogen-bond donors (Lipinski definition) is 0. The minimum absolute atomic E-state index is 0. The molecule has 0 aliphatic rings. The van der Waals surface area contributed by atoms with Gasteiger partial charge in [-0.2, -0.15) is 0 Å². The van der Waals surface area contributed by atoms with Gasteiger partial charge in [-0.15, -0.1) is 0 Å². The first kappa shape index (κ1) is 49.8. The third-order valence-corrected chi connectivity index (χ3v) is 0. The van der Waals surface area contributed by atoms with E-state index in [1.54, 1.807) is 0 Å². The largest absolute Gasteiger partial charge is 2.00 e. The van der Waals surface area contributed by atoms with Crippen molar-refractivity contribution in [2.45, 2.75) is 0 Å². The molecule has 0 saturated heterocycles. The fraction of sp³-hybridized carbons (Fsp3) is 0. The van der Waals surface area contributed by atoms with E-state index in [9.17, 15) is 0 Å². The van der Waals surface area contributed by atoms with Gasteiger partial charge in [0.05, 0.1) is 25.4 Å². The second-order valence-electron chi connectivity index (χ2n) is 1.12. The van der Waals surface area contributed by atoms with Crippen LogP contribution >= 0.6 is 0 Å². The van der Waals surface area contributed by atoms with Gasteiger partial charge in [0.1, 0.15) is 0 Å². The van der Waals surface area contributed by atoms with Gasteiger partial charge in [0, 0.05) is 0 Å². The van der Waals surface area contributed by atoms with Crippen LogP contribution in [-0.2, 0) is 55.9 Å². The van der Waals surface area contributed by atoms with Gasteiger partial charge in [0.2, 0.25) is 0 Å². The average Bonchev–Trinajstić information content (AvgIpc) is 1.94. The molecule has 0 heterocycles. The molecule has 147 valence electrons. The predicted octanol–water partition coefficient (Wildman–Crippen LogP) is -1.20. The summed E-state index contributed by atoms with van der Waals surface area (Å²) in [7, 11) is 0. The van der Waals surface area contributed by atoms with Crippen LogP contribution < -0.4 is 0 Å². The number of rotatable bonds is 0. The van der Waals surface area contributed by atoms with Crippen LogP contribution in [0.4, 0.5) is 0 Å². The van der Waals surface area contributed by atoms with Crippen molar-refractivity contribution in [1.82, 2.24) is 0 Å². The Kier molecular flexibility index (Phi) is 92.5. The van der Waals surface area contributed by atoms with Crippen LogP contribution in [0.1, 0.15) is 0 Å². The molecule has 0 aliphatic heterocycles. The molecule has 0 bridgehead atoms. The zero-order chi connectivity index (χ0) is 17.9. The minimum atomic E-state index is -1.75. The summed E-state index contributed by atoms with van der Waals surface area (Å²) < 4.78 is 0. The van der Waals surface area contributed by atoms with Gasteiger partial charge >= 0.3 is 55.9 Å². The molecule has 0 unspecified atom stereocenters. The van der Waals surface area contributed by atoms with Crippen molar-refractivity contribution < 1.29 is 81.4 Å². The smallest absolute Gasteiger partial charge is 0.356 e. The van der Waals surface area contributed by atoms with Crippen molar-refractivity contribution in [3.05, 3.63) is 76.6 Å². The van der Waals surface area contributed by atoms with Crippen molar-refractivity contribution in [2.24, 2.45) is 0 Å². The Morgan fingerprint density at radius 1 is 0.391 bits per heavy atom. The minimum Gasteiger partial charge on any atom is -0.356 e. The Balaban J connectivity index is -0.0000000197. The SMILES string of the molecule is O=[N+]([O-])[O-].O=[N+]([O-])[O-].O=[N+]([O-])[O-].O=[N+]([O-])[O-].O=[N+]([O-])[O-].[Ag+].[Cu+2].[Ni+2]. The average molecular weight is 540 g/mol. The molecule has 0 aromatic carbocycles. The van der Waals surface area contributed by atoms with Gasteiger partial charge in [-0.3, -0.25) is 0 Å². The zero-order valence-electron chi connectivity index (χ0n) is 9.28. The quantitative estimate of drug-likeness (QED) is 0.198. The van der Waals surface area contributed by atoms with E-state index >= 15 is 0 Å². The maximum Gasteiger partial charge on any atom is 2.00 e. The van der Waals surface area contributed by atoms with E-state index in [1.165, 1.54) is 0 Å². The number of nitrogens with zero attached hydrogens (tertiary/aromatic N) is 5. The fourth-order valence-corrected chi connectivity index (χ4v) is 0. The molecule has 0 atom stereocenters. The molecule has 23 heteroatoms. The van der Waals surface area contributed by atoms with E-state index in [4.69, 9.17) is 76.6 Å². The monoisotopic (exact) mass is 538 g/mol. The van der Waals surface area contributed by atoms with E-state index < -0.39 is 25.4 Å². The molecular weight excluding hydrogens is 540 g/mol. The Hall–Kier alpha value is -2.25. The second-order valence-corrected chi connectivity index (χ2v) is 1.12. The molecule has 0 spiro atoms. The van der Waals surface area contributed by atoms with Gasteiger partial charge in [0.15, 0.2) is 0 Å². The predicted molar refractivity (Wildman–Crippen MR) is 51.8 cm³/mol. The molecule has 0 saturated carbocycles. The summed E-state index contributed by atoms with van der Waals surface area (Å²) in [5.74, 6) is 0. The molecule has 20 nitrogen and oxygen atoms in total. The van der Waals surface area contributed by atoms with Gasteiger partial charge in [-0.25, -0.2) is 0 Å². The Morgan fingerprint density at radius 3 is 0.391 bits per heavy atom. The van der Waals surface area contributed by atoms with E-state index in [1.807, 2.05) is 0 Å². The summed E-state index contributed by atoms with van der Waals surface area (Å²) >= 11 is 0. The molecule has 0 rings (SSSR count). The molecule has 1 radical (unpaired) electrons. The first-order chi connectivity index (χ1) is 8.66. The fourth-order valence-electron chi connectivity index (χ4n) is 0. The first-order valence-corrected chi connectivity index (χ1v) is 2.74. The molecular formula is AgCuN5NiO15. The van der Waals surface area contributed by atoms with E-state index in [0.29, 0.717) is 0 Å². The Bertz CT molecular complexity index is 219. The molecule has 0 N–H and O–H groups in total. The molecule has 0 aromatic heterocycles. The molecule has 0 aliphatic carbocycles. The van der Waals surface area contributed by atoms with Gasteiger partial charge in [-0.1, -0.05) is 0 Å². The summed E-state index contributed by atoms with van der Waals surface area (Å²) in [5.41, 5.74) is 0. The Morgan fingerprint density at radius 2 is 0.391 bits per heavy atom. The van der Waals surface area contributed by atoms with Crippen LogP contribution in [0.5, 0.6) is 0 Å². The van der Waals surface area contributed by atoms with Crippen molar-refractivity contribution >= 4 is 0 Å². The van der Waals surface area contributed by atoms with E-state index in [-0.39, 0.29) is 55.9 Å². The van der Waals surface area contributed by atoms with E-state index in [2.05, 4.69) is 0 Å². The summed E-state index contributed by atoms with van der Waals surface area (Å²) in [6.07, 6.45) is 0. The summed E-state index contributed by atoms with van der Waals surface area (Å²) in [4.78, 5) is 41.2. The molecule has 23 heavy (non-hydrogen) atoms. The summed E-state index contributed by atoms with van der Waals surface area (Å²) in [6.45, 7) is 0. The third kappa shape index (κ3) is 1230. The first-order valence-electron chi connectivity index (χ1n) is 2.74. The van der Waals surface area contributed by atoms with Crippen LogP contribution in [0, 0.1) is 76.6 Å². The maximum atomic E-state index is 8.25. The van der Waals surface area contributed by atoms with Crippen LogP contribution in [0.3, 0.4) is 0 Å². The summed E-state index contributed by atoms with van der Waals surface area (Å²) in [5, 5.41) is 73.8. The molecule has 0 aromatic rings. The van der Waals surface area contributed by atoms with Gasteiger partial charge in [-0.05, 0) is 0 Å². The van der Waals surface area contributed by atoms with Crippen LogP contribution in [0.2, 0.25) is 0 Å². The van der Waals surface area contributed by atoms with Gasteiger partial charge in [0.25, 0.3) is 0 Å². The third-order valence-electron chi connectivity index (χ3n) is 0. The van der Waals surface area contributed by atoms with Gasteiger partial charge < -0.3 is 76.6 Å². The van der Waals surface area contributed by atoms with E-state index in [0.717, 1.165) is 0 Å². The van der Waals surface area contributed by atoms with Crippen LogP contribution in [0.15, 0.2) is 0 Å². The standard InChI is InChI=1S/Ag.Cu.5NO3.Ni/c;;5*2-1(3)4;/q+1;+2;5*-1;+2. The topological polar surface area (TPSA) is 331 Å². The van der Waals surface area contributed by atoms with Crippen molar-refractivity contribution in [3.8, 4) is 0 Å². The molecule has 0 fully saturated rings. The normalized spacial score (nSPS) is 5.22. The number of hydrogen-bond acceptors (Lipinski definition) is 15. The summed E-state index contributed by atoms with van der Waals surface area (Å²) in [6, 6.07) is 0.